The number of benzene rings is 2. The minimum absolute atomic E-state index is 0.233. The lowest BCUT2D eigenvalue weighted by Gasteiger charge is -2.11. The summed E-state index contributed by atoms with van der Waals surface area (Å²) in [6, 6.07) is 10.9. The van der Waals surface area contributed by atoms with Gasteiger partial charge in [0.05, 0.1) is 10.3 Å². The summed E-state index contributed by atoms with van der Waals surface area (Å²) < 4.78 is 43.4. The normalized spacial score (nSPS) is 11.5. The summed E-state index contributed by atoms with van der Waals surface area (Å²) in [5.74, 6) is 0.353. The van der Waals surface area contributed by atoms with Crippen LogP contribution in [0.3, 0.4) is 0 Å². The van der Waals surface area contributed by atoms with Crippen LogP contribution in [0.25, 0.3) is 10.1 Å². The van der Waals surface area contributed by atoms with Crippen LogP contribution >= 0.6 is 11.5 Å². The van der Waals surface area contributed by atoms with Crippen molar-refractivity contribution in [2.24, 2.45) is 0 Å². The van der Waals surface area contributed by atoms with E-state index in [1.54, 1.807) is 0 Å². The van der Waals surface area contributed by atoms with Crippen molar-refractivity contribution in [3.05, 3.63) is 59.2 Å². The van der Waals surface area contributed by atoms with E-state index in [-0.39, 0.29) is 11.1 Å². The van der Waals surface area contributed by atoms with E-state index in [4.69, 9.17) is 0 Å². The Morgan fingerprint density at radius 3 is 2.65 bits per heavy atom. The summed E-state index contributed by atoms with van der Waals surface area (Å²) in [4.78, 5) is 12.2. The fourth-order valence-corrected chi connectivity index (χ4v) is 3.32. The zero-order valence-electron chi connectivity index (χ0n) is 13.9. The highest BCUT2D eigenvalue weighted by Gasteiger charge is 2.30. The summed E-state index contributed by atoms with van der Waals surface area (Å²) in [5, 5.41) is 6.87. The Morgan fingerprint density at radius 1 is 1.15 bits per heavy atom. The molecule has 3 aromatic rings. The lowest BCUT2D eigenvalue weighted by Crippen LogP contribution is -2.29. The number of carbonyl (C=O) groups is 1. The molecule has 3 rings (SSSR count). The molecule has 2 aromatic carbocycles. The third-order valence-electron chi connectivity index (χ3n) is 3.88. The molecule has 1 amide bonds. The van der Waals surface area contributed by atoms with Crippen LogP contribution in [0.2, 0.25) is 0 Å². The van der Waals surface area contributed by atoms with E-state index in [1.165, 1.54) is 24.5 Å². The minimum Gasteiger partial charge on any atom is -0.367 e. The molecule has 0 aliphatic rings. The third-order valence-corrected chi connectivity index (χ3v) is 4.71. The van der Waals surface area contributed by atoms with Crippen LogP contribution in [0.5, 0.6) is 0 Å². The van der Waals surface area contributed by atoms with E-state index in [0.29, 0.717) is 13.1 Å². The number of fused-ring (bicyclic) bond motifs is 1. The predicted molar refractivity (Wildman–Crippen MR) is 96.6 cm³/mol. The predicted octanol–water partition coefficient (Wildman–Crippen LogP) is 4.47. The Balaban J connectivity index is 1.56. The maximum Gasteiger partial charge on any atom is 0.416 e. The van der Waals surface area contributed by atoms with Gasteiger partial charge in [0.15, 0.2) is 0 Å². The first-order valence-electron chi connectivity index (χ1n) is 7.90. The summed E-state index contributed by atoms with van der Waals surface area (Å²) in [6.07, 6.45) is -4.42. The summed E-state index contributed by atoms with van der Waals surface area (Å²) >= 11 is 1.39. The second-order valence-electron chi connectivity index (χ2n) is 5.74. The molecule has 0 unspecified atom stereocenters. The number of carbonyl (C=O) groups excluding carboxylic acids is 1. The number of nitrogens with zero attached hydrogens (tertiary/aromatic N) is 1. The molecule has 1 aromatic heterocycles. The summed E-state index contributed by atoms with van der Waals surface area (Å²) in [6.45, 7) is 2.27. The number of anilines is 1. The maximum atomic E-state index is 12.7. The smallest absolute Gasteiger partial charge is 0.367 e. The van der Waals surface area contributed by atoms with Crippen LogP contribution in [-0.2, 0) is 6.18 Å². The molecule has 2 N–H and O–H groups in total. The standard InChI is InChI=1S/C18H16F3N3OS/c1-11-10-12(18(19,20)21)6-7-13(11)17(25)23-9-8-22-16-14-4-2-3-5-15(14)26-24-16/h2-7,10H,8-9H2,1H3,(H,22,24)(H,23,25). The van der Waals surface area contributed by atoms with Gasteiger partial charge in [-0.25, -0.2) is 0 Å². The summed E-state index contributed by atoms with van der Waals surface area (Å²) in [7, 11) is 0. The van der Waals surface area contributed by atoms with E-state index in [0.717, 1.165) is 28.0 Å². The Bertz CT molecular complexity index is 937. The largest absolute Gasteiger partial charge is 0.416 e. The number of nitrogens with one attached hydrogen (secondary N) is 2. The lowest BCUT2D eigenvalue weighted by molar-refractivity contribution is -0.137. The second-order valence-corrected chi connectivity index (χ2v) is 6.54. The molecular formula is C18H16F3N3OS. The Hall–Kier alpha value is -2.61. The van der Waals surface area contributed by atoms with E-state index in [9.17, 15) is 18.0 Å². The van der Waals surface area contributed by atoms with Gasteiger partial charge in [-0.15, -0.1) is 0 Å². The average molecular weight is 379 g/mol. The Kier molecular flexibility index (Phi) is 5.13. The monoisotopic (exact) mass is 379 g/mol. The highest BCUT2D eigenvalue weighted by atomic mass is 32.1. The molecule has 8 heteroatoms. The molecule has 0 bridgehead atoms. The van der Waals surface area contributed by atoms with Crippen molar-refractivity contribution in [3.8, 4) is 0 Å². The molecule has 26 heavy (non-hydrogen) atoms. The number of aromatic nitrogens is 1. The van der Waals surface area contributed by atoms with Crippen LogP contribution < -0.4 is 10.6 Å². The van der Waals surface area contributed by atoms with Crippen molar-refractivity contribution in [2.75, 3.05) is 18.4 Å². The SMILES string of the molecule is Cc1cc(C(F)(F)F)ccc1C(=O)NCCNc1nsc2ccccc12. The molecule has 0 saturated carbocycles. The van der Waals surface area contributed by atoms with Crippen molar-refractivity contribution >= 4 is 33.3 Å². The van der Waals surface area contributed by atoms with Gasteiger partial charge in [0.25, 0.3) is 5.91 Å². The number of aryl methyl sites for hydroxylation is 1. The van der Waals surface area contributed by atoms with Crippen LogP contribution in [0.1, 0.15) is 21.5 Å². The zero-order valence-corrected chi connectivity index (χ0v) is 14.7. The van der Waals surface area contributed by atoms with Gasteiger partial charge in [0.1, 0.15) is 5.82 Å². The molecule has 136 valence electrons. The fraction of sp³-hybridized carbons (Fsp3) is 0.222. The molecule has 0 fully saturated rings. The average Bonchev–Trinajstić information content (AvgIpc) is 3.01. The number of hydrogen-bond acceptors (Lipinski definition) is 4. The maximum absolute atomic E-state index is 12.7. The van der Waals surface area contributed by atoms with E-state index >= 15 is 0 Å². The number of halogens is 3. The van der Waals surface area contributed by atoms with Gasteiger partial charge in [0.2, 0.25) is 0 Å². The molecule has 0 aliphatic heterocycles. The Labute approximate surface area is 152 Å². The summed E-state index contributed by atoms with van der Waals surface area (Å²) in [5.41, 5.74) is -0.239. The molecule has 0 radical (unpaired) electrons. The first-order chi connectivity index (χ1) is 12.4. The lowest BCUT2D eigenvalue weighted by atomic mass is 10.0. The van der Waals surface area contributed by atoms with E-state index in [2.05, 4.69) is 15.0 Å². The first kappa shape index (κ1) is 18.2. The topological polar surface area (TPSA) is 54.0 Å². The molecule has 0 saturated heterocycles. The molecule has 0 aliphatic carbocycles. The van der Waals surface area contributed by atoms with Crippen molar-refractivity contribution in [1.82, 2.24) is 9.69 Å². The quantitative estimate of drug-likeness (QED) is 0.644. The van der Waals surface area contributed by atoms with Crippen LogP contribution in [-0.4, -0.2) is 23.4 Å². The first-order valence-corrected chi connectivity index (χ1v) is 8.68. The van der Waals surface area contributed by atoms with Crippen molar-refractivity contribution < 1.29 is 18.0 Å². The molecule has 1 heterocycles. The van der Waals surface area contributed by atoms with Gasteiger partial charge in [0, 0.05) is 24.0 Å². The highest BCUT2D eigenvalue weighted by molar-refractivity contribution is 7.13. The number of hydrogen-bond donors (Lipinski definition) is 2. The molecular weight excluding hydrogens is 363 g/mol. The van der Waals surface area contributed by atoms with Crippen LogP contribution in [0.15, 0.2) is 42.5 Å². The molecule has 0 spiro atoms. The highest BCUT2D eigenvalue weighted by Crippen LogP contribution is 2.30. The molecule has 4 nitrogen and oxygen atoms in total. The van der Waals surface area contributed by atoms with Gasteiger partial charge < -0.3 is 10.6 Å². The van der Waals surface area contributed by atoms with Gasteiger partial charge in [-0.3, -0.25) is 4.79 Å². The van der Waals surface area contributed by atoms with Gasteiger partial charge >= 0.3 is 6.18 Å². The van der Waals surface area contributed by atoms with Gasteiger partial charge in [-0.2, -0.15) is 17.5 Å². The Morgan fingerprint density at radius 2 is 1.92 bits per heavy atom. The van der Waals surface area contributed by atoms with Gasteiger partial charge in [-0.1, -0.05) is 12.1 Å². The van der Waals surface area contributed by atoms with Crippen molar-refractivity contribution in [3.63, 3.8) is 0 Å². The number of amides is 1. The number of alkyl halides is 3. The fourth-order valence-electron chi connectivity index (χ4n) is 2.56. The van der Waals surface area contributed by atoms with Crippen molar-refractivity contribution in [2.45, 2.75) is 13.1 Å². The van der Waals surface area contributed by atoms with E-state index < -0.39 is 17.6 Å². The van der Waals surface area contributed by atoms with E-state index in [1.807, 2.05) is 24.3 Å². The van der Waals surface area contributed by atoms with Crippen LogP contribution in [0.4, 0.5) is 19.0 Å². The second kappa shape index (κ2) is 7.33. The molecule has 0 atom stereocenters. The number of rotatable bonds is 5. The zero-order chi connectivity index (χ0) is 18.7. The third kappa shape index (κ3) is 3.96. The van der Waals surface area contributed by atoms with Gasteiger partial charge in [-0.05, 0) is 54.4 Å². The van der Waals surface area contributed by atoms with Crippen LogP contribution in [0, 0.1) is 6.92 Å². The van der Waals surface area contributed by atoms with Crippen molar-refractivity contribution in [1.29, 1.82) is 0 Å². The minimum atomic E-state index is -4.42.